The van der Waals surface area contributed by atoms with Crippen LogP contribution in [0.3, 0.4) is 0 Å². The number of carbonyl (C=O) groups excluding carboxylic acids is 2. The van der Waals surface area contributed by atoms with Crippen molar-refractivity contribution in [3.63, 3.8) is 0 Å². The summed E-state index contributed by atoms with van der Waals surface area (Å²) in [5, 5.41) is 15.6. The summed E-state index contributed by atoms with van der Waals surface area (Å²) in [6.45, 7) is 6.78. The number of amides is 2. The molecule has 0 saturated heterocycles. The van der Waals surface area contributed by atoms with Crippen molar-refractivity contribution in [3.8, 4) is 5.75 Å². The second-order valence-corrected chi connectivity index (χ2v) is 6.05. The second-order valence-electron chi connectivity index (χ2n) is 6.05. The molecule has 1 aromatic heterocycles. The van der Waals surface area contributed by atoms with Gasteiger partial charge in [0.25, 0.3) is 0 Å². The summed E-state index contributed by atoms with van der Waals surface area (Å²) in [5.74, 6) is -0.883. The van der Waals surface area contributed by atoms with Crippen molar-refractivity contribution >= 4 is 12.0 Å². The SMILES string of the molecule is CCOc1cc(CN=[N+]=[N-])c[n+]([O-])c1C(=O)N(C)C(=O)OC(C)(C)C. The van der Waals surface area contributed by atoms with Crippen molar-refractivity contribution in [1.29, 1.82) is 0 Å². The normalized spacial score (nSPS) is 10.6. The van der Waals surface area contributed by atoms with E-state index in [2.05, 4.69) is 10.0 Å². The maximum Gasteiger partial charge on any atom is 0.417 e. The van der Waals surface area contributed by atoms with Crippen molar-refractivity contribution in [2.45, 2.75) is 39.8 Å². The molecule has 1 heterocycles. The Bertz CT molecular complexity index is 707. The lowest BCUT2D eigenvalue weighted by molar-refractivity contribution is -0.608. The van der Waals surface area contributed by atoms with Gasteiger partial charge in [0.2, 0.25) is 0 Å². The lowest BCUT2D eigenvalue weighted by Crippen LogP contribution is -2.44. The number of nitrogens with zero attached hydrogens (tertiary/aromatic N) is 5. The van der Waals surface area contributed by atoms with Crippen molar-refractivity contribution in [1.82, 2.24) is 4.90 Å². The van der Waals surface area contributed by atoms with E-state index in [0.717, 1.165) is 6.20 Å². The molecule has 0 bridgehead atoms. The van der Waals surface area contributed by atoms with E-state index in [-0.39, 0.29) is 29.3 Å². The number of ether oxygens (including phenoxy) is 2. The van der Waals surface area contributed by atoms with E-state index in [4.69, 9.17) is 15.0 Å². The number of hydrogen-bond donors (Lipinski definition) is 0. The van der Waals surface area contributed by atoms with E-state index in [1.54, 1.807) is 27.7 Å². The van der Waals surface area contributed by atoms with Gasteiger partial charge in [-0.15, -0.1) is 0 Å². The van der Waals surface area contributed by atoms with Crippen LogP contribution in [0.1, 0.15) is 43.7 Å². The fourth-order valence-corrected chi connectivity index (χ4v) is 1.83. The Kier molecular flexibility index (Phi) is 6.58. The van der Waals surface area contributed by atoms with Crippen molar-refractivity contribution in [2.75, 3.05) is 13.7 Å². The molecule has 0 aromatic carbocycles. The van der Waals surface area contributed by atoms with E-state index < -0.39 is 17.6 Å². The number of hydrogen-bond acceptors (Lipinski definition) is 6. The molecule has 136 valence electrons. The maximum absolute atomic E-state index is 12.6. The smallest absolute Gasteiger partial charge is 0.417 e. The lowest BCUT2D eigenvalue weighted by atomic mass is 10.2. The largest absolute Gasteiger partial charge is 0.618 e. The van der Waals surface area contributed by atoms with Crippen LogP contribution in [0.15, 0.2) is 17.4 Å². The molecule has 2 amide bonds. The minimum Gasteiger partial charge on any atom is -0.618 e. The van der Waals surface area contributed by atoms with Crippen LogP contribution in [0.5, 0.6) is 5.75 Å². The molecule has 0 unspecified atom stereocenters. The molecule has 0 saturated carbocycles. The highest BCUT2D eigenvalue weighted by Gasteiger charge is 2.32. The van der Waals surface area contributed by atoms with Gasteiger partial charge in [-0.25, -0.2) is 9.69 Å². The van der Waals surface area contributed by atoms with Crippen LogP contribution in [0.4, 0.5) is 4.79 Å². The van der Waals surface area contributed by atoms with Gasteiger partial charge in [0.15, 0.2) is 11.9 Å². The monoisotopic (exact) mass is 351 g/mol. The predicted octanol–water partition coefficient (Wildman–Crippen LogP) is 2.54. The Labute approximate surface area is 145 Å². The van der Waals surface area contributed by atoms with E-state index >= 15 is 0 Å². The number of azide groups is 1. The highest BCUT2D eigenvalue weighted by molar-refractivity contribution is 6.02. The molecule has 25 heavy (non-hydrogen) atoms. The van der Waals surface area contributed by atoms with Crippen LogP contribution in [-0.4, -0.2) is 36.2 Å². The first-order chi connectivity index (χ1) is 11.6. The molecule has 0 aliphatic heterocycles. The first kappa shape index (κ1) is 20.0. The molecule has 1 rings (SSSR count). The van der Waals surface area contributed by atoms with Crippen molar-refractivity contribution < 1.29 is 23.8 Å². The lowest BCUT2D eigenvalue weighted by Gasteiger charge is -2.23. The molecule has 0 aliphatic rings. The molecule has 10 heteroatoms. The average molecular weight is 351 g/mol. The molecule has 0 N–H and O–H groups in total. The highest BCUT2D eigenvalue weighted by atomic mass is 16.6. The van der Waals surface area contributed by atoms with Gasteiger partial charge in [0.1, 0.15) is 5.60 Å². The Morgan fingerprint density at radius 3 is 2.60 bits per heavy atom. The van der Waals surface area contributed by atoms with Crippen LogP contribution in [0.25, 0.3) is 10.4 Å². The zero-order chi connectivity index (χ0) is 19.2. The van der Waals surface area contributed by atoms with Crippen LogP contribution in [0, 0.1) is 5.21 Å². The minimum atomic E-state index is -0.891. The van der Waals surface area contributed by atoms with Gasteiger partial charge in [-0.2, -0.15) is 4.73 Å². The van der Waals surface area contributed by atoms with Gasteiger partial charge in [-0.1, -0.05) is 5.11 Å². The van der Waals surface area contributed by atoms with E-state index in [0.29, 0.717) is 10.5 Å². The Morgan fingerprint density at radius 1 is 1.44 bits per heavy atom. The number of pyridine rings is 1. The minimum absolute atomic E-state index is 0.0106. The Morgan fingerprint density at radius 2 is 2.08 bits per heavy atom. The molecule has 1 aromatic rings. The van der Waals surface area contributed by atoms with Crippen LogP contribution in [0.2, 0.25) is 0 Å². The average Bonchev–Trinajstić information content (AvgIpc) is 2.50. The van der Waals surface area contributed by atoms with Gasteiger partial charge in [0, 0.05) is 17.5 Å². The first-order valence-electron chi connectivity index (χ1n) is 7.51. The Hall–Kier alpha value is -3.00. The summed E-state index contributed by atoms with van der Waals surface area (Å²) < 4.78 is 10.7. The van der Waals surface area contributed by atoms with Crippen molar-refractivity contribution in [2.24, 2.45) is 5.11 Å². The van der Waals surface area contributed by atoms with Gasteiger partial charge in [0.05, 0.1) is 13.2 Å². The first-order valence-corrected chi connectivity index (χ1v) is 7.51. The molecule has 0 radical (unpaired) electrons. The number of aromatic nitrogens is 1. The Balaban J connectivity index is 3.23. The number of carbonyl (C=O) groups is 2. The van der Waals surface area contributed by atoms with Crippen LogP contribution >= 0.6 is 0 Å². The summed E-state index contributed by atoms with van der Waals surface area (Å²) in [7, 11) is 1.21. The van der Waals surface area contributed by atoms with Gasteiger partial charge in [-0.3, -0.25) is 4.79 Å². The van der Waals surface area contributed by atoms with E-state index in [9.17, 15) is 14.8 Å². The number of rotatable bonds is 5. The molecule has 0 atom stereocenters. The predicted molar refractivity (Wildman–Crippen MR) is 87.7 cm³/mol. The standard InChI is InChI=1S/C15H21N5O5/c1-6-24-11-7-10(8-17-18-16)9-20(23)12(11)13(21)19(5)14(22)25-15(2,3)4/h7,9H,6,8H2,1-5H3. The molecular weight excluding hydrogens is 330 g/mol. The summed E-state index contributed by atoms with van der Waals surface area (Å²) in [6, 6.07) is 1.42. The van der Waals surface area contributed by atoms with E-state index in [1.165, 1.54) is 13.1 Å². The molecule has 0 fully saturated rings. The van der Waals surface area contributed by atoms with Gasteiger partial charge in [-0.05, 0) is 39.3 Å². The maximum atomic E-state index is 12.6. The fourth-order valence-electron chi connectivity index (χ4n) is 1.83. The van der Waals surface area contributed by atoms with E-state index in [1.807, 2.05) is 0 Å². The third-order valence-electron chi connectivity index (χ3n) is 2.84. The summed E-state index contributed by atoms with van der Waals surface area (Å²) in [5.41, 5.74) is 7.59. The molecule has 0 spiro atoms. The topological polar surface area (TPSA) is 132 Å². The zero-order valence-corrected chi connectivity index (χ0v) is 14.8. The molecular formula is C15H21N5O5. The summed E-state index contributed by atoms with van der Waals surface area (Å²) in [6.07, 6.45) is 0.200. The second kappa shape index (κ2) is 8.20. The highest BCUT2D eigenvalue weighted by Crippen LogP contribution is 2.20. The van der Waals surface area contributed by atoms with Crippen LogP contribution < -0.4 is 9.47 Å². The zero-order valence-electron chi connectivity index (χ0n) is 14.8. The van der Waals surface area contributed by atoms with Crippen molar-refractivity contribution in [3.05, 3.63) is 39.2 Å². The van der Waals surface area contributed by atoms with Crippen LogP contribution in [-0.2, 0) is 11.3 Å². The molecule has 10 nitrogen and oxygen atoms in total. The fraction of sp³-hybridized carbons (Fsp3) is 0.533. The third-order valence-corrected chi connectivity index (χ3v) is 2.84. The number of imide groups is 1. The summed E-state index contributed by atoms with van der Waals surface area (Å²) in [4.78, 5) is 27.9. The third kappa shape index (κ3) is 5.54. The van der Waals surface area contributed by atoms with Gasteiger partial charge < -0.3 is 14.7 Å². The molecule has 0 aliphatic carbocycles. The van der Waals surface area contributed by atoms with Gasteiger partial charge >= 0.3 is 17.7 Å². The quantitative estimate of drug-likeness (QED) is 0.264. The summed E-state index contributed by atoms with van der Waals surface area (Å²) >= 11 is 0.